The van der Waals surface area contributed by atoms with Gasteiger partial charge in [-0.1, -0.05) is 24.0 Å². The number of ether oxygens (including phenoxy) is 1. The van der Waals surface area contributed by atoms with Gasteiger partial charge in [-0.3, -0.25) is 24.6 Å². The third-order valence-electron chi connectivity index (χ3n) is 5.07. The summed E-state index contributed by atoms with van der Waals surface area (Å²) >= 11 is 0. The molecule has 0 saturated heterocycles. The first kappa shape index (κ1) is 27.6. The van der Waals surface area contributed by atoms with Gasteiger partial charge >= 0.3 is 11.9 Å². The molecule has 0 bridgehead atoms. The molecule has 0 fully saturated rings. The van der Waals surface area contributed by atoms with Crippen LogP contribution in [0.25, 0.3) is 0 Å². The summed E-state index contributed by atoms with van der Waals surface area (Å²) in [5.74, 6) is 4.01. The number of esters is 1. The molecule has 0 spiro atoms. The minimum atomic E-state index is -1.04. The maximum atomic E-state index is 12.9. The third-order valence-corrected chi connectivity index (χ3v) is 5.07. The monoisotopic (exact) mass is 492 g/mol. The van der Waals surface area contributed by atoms with Gasteiger partial charge in [-0.2, -0.15) is 0 Å². The molecule has 10 nitrogen and oxygen atoms in total. The zero-order chi connectivity index (χ0) is 26.8. The Kier molecular flexibility index (Phi) is 9.74. The van der Waals surface area contributed by atoms with E-state index < -0.39 is 11.9 Å². The number of rotatable bonds is 5. The lowest BCUT2D eigenvalue weighted by molar-refractivity contribution is -0.140. The molecule has 10 heteroatoms. The molecule has 4 N–H and O–H groups in total. The molecule has 3 rings (SSSR count). The normalized spacial score (nSPS) is 12.3. The van der Waals surface area contributed by atoms with Crippen molar-refractivity contribution in [1.29, 1.82) is 5.41 Å². The first-order valence-corrected chi connectivity index (χ1v) is 11.0. The van der Waals surface area contributed by atoms with Crippen molar-refractivity contribution >= 4 is 35.3 Å². The van der Waals surface area contributed by atoms with Crippen LogP contribution in [0.5, 0.6) is 0 Å². The van der Waals surface area contributed by atoms with Gasteiger partial charge in [0.1, 0.15) is 12.4 Å². The van der Waals surface area contributed by atoms with E-state index in [2.05, 4.69) is 16.6 Å². The molecule has 0 aliphatic carbocycles. The minimum Gasteiger partial charge on any atom is -0.481 e. The quantitative estimate of drug-likeness (QED) is 0.249. The van der Waals surface area contributed by atoms with Crippen molar-refractivity contribution in [3.05, 3.63) is 64.7 Å². The zero-order valence-electron chi connectivity index (χ0n) is 20.3. The maximum Gasteiger partial charge on any atom is 0.305 e. The van der Waals surface area contributed by atoms with Gasteiger partial charge in [0.2, 0.25) is 5.91 Å². The van der Waals surface area contributed by atoms with E-state index in [-0.39, 0.29) is 37.2 Å². The Bertz CT molecular complexity index is 1230. The Morgan fingerprint density at radius 3 is 2.25 bits per heavy atom. The van der Waals surface area contributed by atoms with Crippen LogP contribution < -0.4 is 10.6 Å². The highest BCUT2D eigenvalue weighted by molar-refractivity contribution is 6.09. The second kappa shape index (κ2) is 12.7. The van der Waals surface area contributed by atoms with E-state index in [1.807, 2.05) is 0 Å². The number of aliphatic carboxylic acids is 1. The van der Waals surface area contributed by atoms with E-state index in [1.165, 1.54) is 16.7 Å². The van der Waals surface area contributed by atoms with Crippen LogP contribution in [-0.2, 0) is 19.1 Å². The van der Waals surface area contributed by atoms with Crippen molar-refractivity contribution < 1.29 is 29.0 Å². The topological polar surface area (TPSA) is 154 Å². The number of amidine groups is 1. The largest absolute Gasteiger partial charge is 0.481 e. The number of nitrogen functional groups attached to an aromatic ring is 1. The highest BCUT2D eigenvalue weighted by Crippen LogP contribution is 2.26. The molecule has 1 aliphatic heterocycles. The number of nitrogens with one attached hydrogen (secondary N) is 1. The van der Waals surface area contributed by atoms with Crippen LogP contribution >= 0.6 is 0 Å². The predicted molar refractivity (Wildman–Crippen MR) is 134 cm³/mol. The van der Waals surface area contributed by atoms with E-state index >= 15 is 0 Å². The van der Waals surface area contributed by atoms with Crippen LogP contribution in [0.3, 0.4) is 0 Å². The second-order valence-electron chi connectivity index (χ2n) is 7.72. The minimum absolute atomic E-state index is 0.0232. The molecule has 2 aromatic carbocycles. The van der Waals surface area contributed by atoms with Crippen molar-refractivity contribution in [2.45, 2.75) is 20.3 Å². The average Bonchev–Trinajstić information content (AvgIpc) is 2.92. The highest BCUT2D eigenvalue weighted by atomic mass is 16.5. The van der Waals surface area contributed by atoms with E-state index in [9.17, 15) is 19.2 Å². The van der Waals surface area contributed by atoms with Gasteiger partial charge in [0.15, 0.2) is 0 Å². The lowest BCUT2D eigenvalue weighted by Gasteiger charge is -2.18. The Morgan fingerprint density at radius 2 is 1.72 bits per heavy atom. The number of benzene rings is 2. The Labute approximate surface area is 209 Å². The number of hydrogen-bond donors (Lipinski definition) is 3. The van der Waals surface area contributed by atoms with Crippen molar-refractivity contribution in [2.75, 3.05) is 31.6 Å². The standard InChI is InChI=1S/C22H20N4O4.C4H8O2/c1-25-18-9-6-15(3-2-14-4-7-16(8-5-14)21(23)24)12-17(18)22(30)26(13-19(25)27)11-10-20(28)29;1-3-6-4(2)5/h4-9,12H,10-11,13H2,1H3,(H3,23,24)(H,28,29);3H2,1-2H3. The molecule has 0 aromatic heterocycles. The summed E-state index contributed by atoms with van der Waals surface area (Å²) < 4.78 is 4.40. The molecule has 0 saturated carbocycles. The molecule has 2 amide bonds. The van der Waals surface area contributed by atoms with Gasteiger partial charge in [-0.05, 0) is 37.3 Å². The lowest BCUT2D eigenvalue weighted by Crippen LogP contribution is -2.38. The molecule has 2 aromatic rings. The number of likely N-dealkylation sites (N-methyl/N-ethyl adjacent to an activating group) is 1. The van der Waals surface area contributed by atoms with Gasteiger partial charge in [0.25, 0.3) is 5.91 Å². The van der Waals surface area contributed by atoms with Crippen molar-refractivity contribution in [1.82, 2.24) is 4.90 Å². The number of carboxylic acid groups (broad SMARTS) is 1. The fraction of sp³-hybridized carbons (Fsp3) is 0.269. The summed E-state index contributed by atoms with van der Waals surface area (Å²) in [6.07, 6.45) is -0.242. The first-order valence-electron chi connectivity index (χ1n) is 11.0. The van der Waals surface area contributed by atoms with E-state index in [0.717, 1.165) is 5.56 Å². The molecule has 1 heterocycles. The number of amides is 2. The zero-order valence-corrected chi connectivity index (χ0v) is 20.3. The van der Waals surface area contributed by atoms with Crippen LogP contribution in [-0.4, -0.2) is 66.3 Å². The number of nitrogens with zero attached hydrogens (tertiary/aromatic N) is 2. The average molecular weight is 493 g/mol. The van der Waals surface area contributed by atoms with Gasteiger partial charge in [0, 0.05) is 37.2 Å². The van der Waals surface area contributed by atoms with Crippen LogP contribution in [0.15, 0.2) is 42.5 Å². The number of fused-ring (bicyclic) bond motifs is 1. The number of anilines is 1. The number of nitrogens with two attached hydrogens (primary N) is 1. The fourth-order valence-electron chi connectivity index (χ4n) is 3.22. The van der Waals surface area contributed by atoms with Gasteiger partial charge < -0.3 is 25.4 Å². The number of carbonyl (C=O) groups is 4. The van der Waals surface area contributed by atoms with Crippen molar-refractivity contribution in [3.63, 3.8) is 0 Å². The first-order chi connectivity index (χ1) is 17.0. The fourth-order valence-corrected chi connectivity index (χ4v) is 3.22. The SMILES string of the molecule is CCOC(C)=O.CN1C(=O)CN(CCC(=O)O)C(=O)c2cc(C#Cc3ccc(C(=N)N)cc3)ccc21. The Balaban J connectivity index is 0.000000678. The van der Waals surface area contributed by atoms with Crippen LogP contribution in [0, 0.1) is 17.3 Å². The predicted octanol–water partition coefficient (Wildman–Crippen LogP) is 1.83. The number of hydrogen-bond acceptors (Lipinski definition) is 6. The molecular formula is C26H28N4O6. The van der Waals surface area contributed by atoms with E-state index in [4.69, 9.17) is 16.2 Å². The summed E-state index contributed by atoms with van der Waals surface area (Å²) in [6, 6.07) is 11.9. The highest BCUT2D eigenvalue weighted by Gasteiger charge is 2.30. The van der Waals surface area contributed by atoms with Crippen molar-refractivity contribution in [2.24, 2.45) is 5.73 Å². The molecular weight excluding hydrogens is 464 g/mol. The van der Waals surface area contributed by atoms with Gasteiger partial charge in [-0.25, -0.2) is 0 Å². The smallest absolute Gasteiger partial charge is 0.305 e. The summed E-state index contributed by atoms with van der Waals surface area (Å²) in [7, 11) is 1.58. The van der Waals surface area contributed by atoms with Crippen LogP contribution in [0.2, 0.25) is 0 Å². The van der Waals surface area contributed by atoms with E-state index in [0.29, 0.717) is 29.0 Å². The Hall–Kier alpha value is -4.65. The van der Waals surface area contributed by atoms with Crippen molar-refractivity contribution in [3.8, 4) is 11.8 Å². The Morgan fingerprint density at radius 1 is 1.11 bits per heavy atom. The third kappa shape index (κ3) is 7.70. The van der Waals surface area contributed by atoms with Gasteiger partial charge in [0.05, 0.1) is 24.3 Å². The molecule has 188 valence electrons. The summed E-state index contributed by atoms with van der Waals surface area (Å²) in [5, 5.41) is 16.3. The summed E-state index contributed by atoms with van der Waals surface area (Å²) in [6.45, 7) is 3.42. The second-order valence-corrected chi connectivity index (χ2v) is 7.72. The van der Waals surface area contributed by atoms with Crippen LogP contribution in [0.1, 0.15) is 47.3 Å². The molecule has 0 atom stereocenters. The number of carbonyl (C=O) groups excluding carboxylic acids is 3. The van der Waals surface area contributed by atoms with Gasteiger partial charge in [-0.15, -0.1) is 0 Å². The van der Waals surface area contributed by atoms with Crippen LogP contribution in [0.4, 0.5) is 5.69 Å². The molecule has 36 heavy (non-hydrogen) atoms. The number of carboxylic acids is 1. The lowest BCUT2D eigenvalue weighted by atomic mass is 10.1. The van der Waals surface area contributed by atoms with E-state index in [1.54, 1.807) is 56.4 Å². The summed E-state index contributed by atoms with van der Waals surface area (Å²) in [5.41, 5.74) is 8.10. The maximum absolute atomic E-state index is 12.9. The molecule has 0 radical (unpaired) electrons. The molecule has 0 unspecified atom stereocenters. The molecule has 1 aliphatic rings. The summed E-state index contributed by atoms with van der Waals surface area (Å²) in [4.78, 5) is 48.7.